The number of imidazole rings is 1. The van der Waals surface area contributed by atoms with E-state index in [2.05, 4.69) is 20.9 Å². The molecule has 24 heavy (non-hydrogen) atoms. The summed E-state index contributed by atoms with van der Waals surface area (Å²) in [7, 11) is 0. The third kappa shape index (κ3) is 2.76. The van der Waals surface area contributed by atoms with Crippen LogP contribution < -0.4 is 5.73 Å². The van der Waals surface area contributed by atoms with E-state index in [1.165, 1.54) is 6.33 Å². The van der Waals surface area contributed by atoms with Gasteiger partial charge >= 0.3 is 12.0 Å². The maximum absolute atomic E-state index is 13.4. The molecule has 2 aromatic rings. The van der Waals surface area contributed by atoms with Crippen molar-refractivity contribution in [2.75, 3.05) is 12.3 Å². The first kappa shape index (κ1) is 16.1. The van der Waals surface area contributed by atoms with Crippen LogP contribution in [0.5, 0.6) is 0 Å². The number of rotatable bonds is 4. The number of nitrogen functional groups attached to an aromatic ring is 1. The normalized spacial score (nSPS) is 23.3. The molecule has 0 aliphatic carbocycles. The molecule has 126 valence electrons. The maximum Gasteiger partial charge on any atom is 0.312 e. The number of carbonyl (C=O) groups excluding carboxylic acids is 1. The molecule has 2 N–H and O–H groups in total. The molecule has 0 radical (unpaired) electrons. The minimum atomic E-state index is -1.02. The van der Waals surface area contributed by atoms with E-state index in [0.29, 0.717) is 12.8 Å². The summed E-state index contributed by atoms with van der Waals surface area (Å²) in [6.07, 6.45) is 6.83. The number of nitrogens with zero attached hydrogens (tertiary/aromatic N) is 4. The molecule has 9 heteroatoms. The van der Waals surface area contributed by atoms with Crippen LogP contribution in [0.4, 0.5) is 10.2 Å². The first-order chi connectivity index (χ1) is 11.5. The molecule has 1 aliphatic rings. The summed E-state index contributed by atoms with van der Waals surface area (Å²) in [5.74, 6) is 2.15. The van der Waals surface area contributed by atoms with Crippen molar-refractivity contribution >= 4 is 23.0 Å². The number of ether oxygens (including phenoxy) is 2. The van der Waals surface area contributed by atoms with Crippen molar-refractivity contribution in [2.45, 2.75) is 38.0 Å². The molecule has 3 heterocycles. The molecule has 2 unspecified atom stereocenters. The highest BCUT2D eigenvalue weighted by atomic mass is 19.1. The average Bonchev–Trinajstić information content (AvgIpc) is 3.17. The van der Waals surface area contributed by atoms with Gasteiger partial charge in [-0.25, -0.2) is 4.98 Å². The van der Waals surface area contributed by atoms with E-state index >= 15 is 0 Å². The molecule has 0 amide bonds. The molecule has 0 bridgehead atoms. The van der Waals surface area contributed by atoms with Crippen molar-refractivity contribution in [3.8, 4) is 12.3 Å². The van der Waals surface area contributed by atoms with Crippen LogP contribution in [-0.2, 0) is 14.3 Å². The predicted molar refractivity (Wildman–Crippen MR) is 81.9 cm³/mol. The molecule has 0 aromatic carbocycles. The topological polar surface area (TPSA) is 105 Å². The molecular formula is C15H16FN5O3. The van der Waals surface area contributed by atoms with Crippen molar-refractivity contribution in [1.82, 2.24) is 19.5 Å². The van der Waals surface area contributed by atoms with Gasteiger partial charge in [-0.05, 0) is 12.8 Å². The van der Waals surface area contributed by atoms with Gasteiger partial charge < -0.3 is 15.2 Å². The zero-order valence-corrected chi connectivity index (χ0v) is 13.0. The maximum atomic E-state index is 13.4. The van der Waals surface area contributed by atoms with Gasteiger partial charge in [0.25, 0.3) is 0 Å². The van der Waals surface area contributed by atoms with E-state index in [0.717, 1.165) is 0 Å². The monoisotopic (exact) mass is 333 g/mol. The number of anilines is 1. The Hall–Kier alpha value is -2.73. The lowest BCUT2D eigenvalue weighted by atomic mass is 10.0. The molecule has 3 rings (SSSR count). The average molecular weight is 333 g/mol. The second-order valence-electron chi connectivity index (χ2n) is 5.47. The second-order valence-corrected chi connectivity index (χ2v) is 5.47. The highest BCUT2D eigenvalue weighted by molar-refractivity contribution is 5.81. The Morgan fingerprint density at radius 3 is 3.17 bits per heavy atom. The van der Waals surface area contributed by atoms with Gasteiger partial charge in [-0.15, -0.1) is 6.42 Å². The van der Waals surface area contributed by atoms with Crippen molar-refractivity contribution in [1.29, 1.82) is 0 Å². The van der Waals surface area contributed by atoms with Crippen LogP contribution >= 0.6 is 0 Å². The van der Waals surface area contributed by atoms with Crippen LogP contribution in [-0.4, -0.2) is 37.7 Å². The van der Waals surface area contributed by atoms with E-state index < -0.39 is 17.9 Å². The largest absolute Gasteiger partial charge is 0.462 e. The SMILES string of the molecule is C#CC1(COC(=O)CC)CCC(n2cnc3c(N)nc(F)nc32)O1. The Labute approximate surface area is 137 Å². The number of hydrogen-bond donors (Lipinski definition) is 1. The van der Waals surface area contributed by atoms with Crippen LogP contribution in [0.1, 0.15) is 32.4 Å². The molecule has 1 fully saturated rings. The number of fused-ring (bicyclic) bond motifs is 1. The lowest BCUT2D eigenvalue weighted by molar-refractivity contribution is -0.152. The fourth-order valence-corrected chi connectivity index (χ4v) is 2.61. The van der Waals surface area contributed by atoms with Gasteiger partial charge in [0.2, 0.25) is 0 Å². The second kappa shape index (κ2) is 6.05. The minimum Gasteiger partial charge on any atom is -0.462 e. The zero-order chi connectivity index (χ0) is 17.3. The van der Waals surface area contributed by atoms with Gasteiger partial charge in [0.05, 0.1) is 6.33 Å². The summed E-state index contributed by atoms with van der Waals surface area (Å²) < 4.78 is 26.0. The predicted octanol–water partition coefficient (Wildman–Crippen LogP) is 1.18. The van der Waals surface area contributed by atoms with Gasteiger partial charge in [-0.1, -0.05) is 12.8 Å². The van der Waals surface area contributed by atoms with Crippen LogP contribution in [0.15, 0.2) is 6.33 Å². The van der Waals surface area contributed by atoms with Crippen molar-refractivity contribution < 1.29 is 18.7 Å². The molecule has 8 nitrogen and oxygen atoms in total. The summed E-state index contributed by atoms with van der Waals surface area (Å²) in [6, 6.07) is 0. The number of nitrogens with two attached hydrogens (primary N) is 1. The number of aromatic nitrogens is 4. The highest BCUT2D eigenvalue weighted by Crippen LogP contribution is 2.37. The smallest absolute Gasteiger partial charge is 0.312 e. The standard InChI is InChI=1S/C15H16FN5O3/c1-3-10(22)23-7-15(4-2)6-5-9(24-15)21-8-18-11-12(17)19-14(16)20-13(11)21/h2,8-9H,3,5-7H2,1H3,(H2,17,19,20). The van der Waals surface area contributed by atoms with Crippen molar-refractivity contribution in [3.05, 3.63) is 12.4 Å². The van der Waals surface area contributed by atoms with E-state index in [4.69, 9.17) is 21.6 Å². The highest BCUT2D eigenvalue weighted by Gasteiger charge is 2.41. The van der Waals surface area contributed by atoms with Gasteiger partial charge in [0.1, 0.15) is 12.8 Å². The van der Waals surface area contributed by atoms with Crippen molar-refractivity contribution in [3.63, 3.8) is 0 Å². The van der Waals surface area contributed by atoms with Gasteiger partial charge in [0, 0.05) is 6.42 Å². The van der Waals surface area contributed by atoms with Crippen LogP contribution in [0.2, 0.25) is 0 Å². The molecular weight excluding hydrogens is 317 g/mol. The number of terminal acetylenes is 1. The Morgan fingerprint density at radius 2 is 2.46 bits per heavy atom. The molecule has 0 saturated carbocycles. The first-order valence-corrected chi connectivity index (χ1v) is 7.45. The number of esters is 1. The van der Waals surface area contributed by atoms with Crippen molar-refractivity contribution in [2.24, 2.45) is 0 Å². The summed E-state index contributed by atoms with van der Waals surface area (Å²) in [5.41, 5.74) is 5.14. The molecule has 2 atom stereocenters. The molecule has 1 saturated heterocycles. The zero-order valence-electron chi connectivity index (χ0n) is 13.0. The van der Waals surface area contributed by atoms with E-state index in [9.17, 15) is 9.18 Å². The number of carbonyl (C=O) groups is 1. The third-order valence-electron chi connectivity index (χ3n) is 3.91. The van der Waals surface area contributed by atoms with Gasteiger partial charge in [-0.3, -0.25) is 9.36 Å². The lowest BCUT2D eigenvalue weighted by Gasteiger charge is -2.23. The first-order valence-electron chi connectivity index (χ1n) is 7.45. The Morgan fingerprint density at radius 1 is 1.67 bits per heavy atom. The van der Waals surface area contributed by atoms with Gasteiger partial charge in [0.15, 0.2) is 22.6 Å². The summed E-state index contributed by atoms with van der Waals surface area (Å²) in [4.78, 5) is 22.6. The fourth-order valence-electron chi connectivity index (χ4n) is 2.61. The Kier molecular flexibility index (Phi) is 4.07. The Bertz CT molecular complexity index is 830. The molecule has 0 spiro atoms. The molecule has 2 aromatic heterocycles. The summed E-state index contributed by atoms with van der Waals surface area (Å²) >= 11 is 0. The van der Waals surface area contributed by atoms with Crippen LogP contribution in [0.25, 0.3) is 11.2 Å². The third-order valence-corrected chi connectivity index (χ3v) is 3.91. The minimum absolute atomic E-state index is 0.0369. The van der Waals surface area contributed by atoms with Crippen LogP contribution in [0.3, 0.4) is 0 Å². The van der Waals surface area contributed by atoms with E-state index in [1.807, 2.05) is 0 Å². The van der Waals surface area contributed by atoms with Crippen LogP contribution in [0, 0.1) is 18.4 Å². The fraction of sp³-hybridized carbons (Fsp3) is 0.467. The lowest BCUT2D eigenvalue weighted by Crippen LogP contribution is -2.33. The quantitative estimate of drug-likeness (QED) is 0.509. The Balaban J connectivity index is 1.85. The summed E-state index contributed by atoms with van der Waals surface area (Å²) in [6.45, 7) is 1.66. The van der Waals surface area contributed by atoms with Gasteiger partial charge in [-0.2, -0.15) is 14.4 Å². The van der Waals surface area contributed by atoms with E-state index in [1.54, 1.807) is 11.5 Å². The number of halogens is 1. The van der Waals surface area contributed by atoms with E-state index in [-0.39, 0.29) is 36.0 Å². The molecule has 1 aliphatic heterocycles. The number of hydrogen-bond acceptors (Lipinski definition) is 7. The summed E-state index contributed by atoms with van der Waals surface area (Å²) in [5, 5.41) is 0.